The van der Waals surface area contributed by atoms with Crippen molar-refractivity contribution in [2.45, 2.75) is 19.3 Å². The fraction of sp³-hybridized carbons (Fsp3) is 0.688. The zero-order valence-electron chi connectivity index (χ0n) is 15.3. The Kier molecular flexibility index (Phi) is 5.56. The van der Waals surface area contributed by atoms with Crippen molar-refractivity contribution < 1.29 is 14.6 Å². The molecule has 0 radical (unpaired) electrons. The molecular weight excluding hydrogens is 342 g/mol. The zero-order chi connectivity index (χ0) is 18.8. The van der Waals surface area contributed by atoms with Crippen LogP contribution in [0.2, 0.25) is 0 Å². The normalized spacial score (nSPS) is 17.1. The highest BCUT2D eigenvalue weighted by molar-refractivity contribution is 5.71. The van der Waals surface area contributed by atoms with Gasteiger partial charge in [0.05, 0.1) is 25.9 Å². The van der Waals surface area contributed by atoms with Crippen LogP contribution in [-0.2, 0) is 36.7 Å². The molecule has 0 aromatic carbocycles. The number of hydrogen-bond acceptors (Lipinski definition) is 7. The van der Waals surface area contributed by atoms with Crippen molar-refractivity contribution in [1.82, 2.24) is 23.6 Å². The van der Waals surface area contributed by atoms with Gasteiger partial charge >= 0.3 is 5.69 Å². The third-order valence-corrected chi connectivity index (χ3v) is 4.67. The Labute approximate surface area is 150 Å². The molecule has 1 N–H and O–H groups in total. The number of morpholine rings is 1. The van der Waals surface area contributed by atoms with E-state index in [0.717, 1.165) is 17.7 Å². The fourth-order valence-electron chi connectivity index (χ4n) is 3.28. The standard InChI is InChI=1S/C16H25N5O5/c1-18-14-13(15(23)19(2)16(18)24)21(12(17-14)10-25-3)9-11(22)8-20-4-6-26-7-5-20/h11,22H,4-10H2,1-3H3/t11-/m1/s1. The highest BCUT2D eigenvalue weighted by Crippen LogP contribution is 2.13. The van der Waals surface area contributed by atoms with E-state index in [0.29, 0.717) is 36.7 Å². The van der Waals surface area contributed by atoms with E-state index in [9.17, 15) is 14.7 Å². The average Bonchev–Trinajstić information content (AvgIpc) is 2.97. The van der Waals surface area contributed by atoms with E-state index in [4.69, 9.17) is 9.47 Å². The van der Waals surface area contributed by atoms with Crippen LogP contribution in [0.15, 0.2) is 9.59 Å². The van der Waals surface area contributed by atoms with Gasteiger partial charge in [-0.2, -0.15) is 0 Å². The van der Waals surface area contributed by atoms with E-state index >= 15 is 0 Å². The molecule has 1 saturated heterocycles. The van der Waals surface area contributed by atoms with Gasteiger partial charge in [0.15, 0.2) is 11.2 Å². The lowest BCUT2D eigenvalue weighted by Gasteiger charge is -2.28. The molecule has 0 spiro atoms. The SMILES string of the molecule is COCc1nc2c(c(=O)n(C)c(=O)n2C)n1C[C@H](O)CN1CCOCC1. The summed E-state index contributed by atoms with van der Waals surface area (Å²) >= 11 is 0. The second-order valence-corrected chi connectivity index (χ2v) is 6.52. The van der Waals surface area contributed by atoms with Crippen molar-refractivity contribution in [3.63, 3.8) is 0 Å². The molecule has 144 valence electrons. The topological polar surface area (TPSA) is 104 Å². The first-order valence-corrected chi connectivity index (χ1v) is 8.56. The van der Waals surface area contributed by atoms with Crippen LogP contribution in [0.25, 0.3) is 11.2 Å². The van der Waals surface area contributed by atoms with Crippen molar-refractivity contribution in [3.8, 4) is 0 Å². The van der Waals surface area contributed by atoms with Gasteiger partial charge in [-0.15, -0.1) is 0 Å². The van der Waals surface area contributed by atoms with Crippen LogP contribution in [0.3, 0.4) is 0 Å². The second kappa shape index (κ2) is 7.70. The summed E-state index contributed by atoms with van der Waals surface area (Å²) in [5, 5.41) is 10.6. The molecule has 1 aliphatic heterocycles. The summed E-state index contributed by atoms with van der Waals surface area (Å²) in [4.78, 5) is 31.3. The molecule has 0 saturated carbocycles. The number of aromatic nitrogens is 4. The summed E-state index contributed by atoms with van der Waals surface area (Å²) in [5.74, 6) is 0.502. The maximum atomic E-state index is 12.7. The van der Waals surface area contributed by atoms with Crippen molar-refractivity contribution in [2.24, 2.45) is 14.1 Å². The van der Waals surface area contributed by atoms with Gasteiger partial charge in [0.25, 0.3) is 5.56 Å². The quantitative estimate of drug-likeness (QED) is 0.647. The first-order valence-electron chi connectivity index (χ1n) is 8.56. The van der Waals surface area contributed by atoms with Gasteiger partial charge in [-0.3, -0.25) is 18.8 Å². The maximum absolute atomic E-state index is 12.7. The first kappa shape index (κ1) is 18.8. The number of ether oxygens (including phenoxy) is 2. The Morgan fingerprint density at radius 3 is 2.54 bits per heavy atom. The van der Waals surface area contributed by atoms with Gasteiger partial charge in [-0.1, -0.05) is 0 Å². The maximum Gasteiger partial charge on any atom is 0.332 e. The van der Waals surface area contributed by atoms with Crippen LogP contribution in [0.4, 0.5) is 0 Å². The third-order valence-electron chi connectivity index (χ3n) is 4.67. The van der Waals surface area contributed by atoms with Crippen molar-refractivity contribution in [1.29, 1.82) is 0 Å². The fourth-order valence-corrected chi connectivity index (χ4v) is 3.28. The van der Waals surface area contributed by atoms with Crippen LogP contribution in [-0.4, -0.2) is 74.8 Å². The summed E-state index contributed by atoms with van der Waals surface area (Å²) in [5.41, 5.74) is -0.284. The Morgan fingerprint density at radius 2 is 1.88 bits per heavy atom. The van der Waals surface area contributed by atoms with Crippen LogP contribution in [0, 0.1) is 0 Å². The molecular formula is C16H25N5O5. The van der Waals surface area contributed by atoms with E-state index in [1.807, 2.05) is 0 Å². The highest BCUT2D eigenvalue weighted by atomic mass is 16.5. The number of nitrogens with zero attached hydrogens (tertiary/aromatic N) is 5. The predicted octanol–water partition coefficient (Wildman–Crippen LogP) is -1.73. The molecule has 3 rings (SSSR count). The van der Waals surface area contributed by atoms with E-state index in [-0.39, 0.29) is 13.2 Å². The zero-order valence-corrected chi connectivity index (χ0v) is 15.3. The van der Waals surface area contributed by atoms with Crippen molar-refractivity contribution >= 4 is 11.2 Å². The summed E-state index contributed by atoms with van der Waals surface area (Å²) in [6, 6.07) is 0. The van der Waals surface area contributed by atoms with E-state index in [1.165, 1.54) is 18.7 Å². The van der Waals surface area contributed by atoms with Gasteiger partial charge in [-0.25, -0.2) is 9.78 Å². The molecule has 1 atom stereocenters. The lowest BCUT2D eigenvalue weighted by Crippen LogP contribution is -2.42. The minimum atomic E-state index is -0.692. The van der Waals surface area contributed by atoms with Crippen LogP contribution in [0.1, 0.15) is 5.82 Å². The number of β-amino-alcohol motifs (C(OH)–C–C–N with tert-alkyl or cyclic N) is 1. The number of aryl methyl sites for hydroxylation is 1. The molecule has 0 aliphatic carbocycles. The smallest absolute Gasteiger partial charge is 0.332 e. The minimum Gasteiger partial charge on any atom is -0.390 e. The van der Waals surface area contributed by atoms with Crippen LogP contribution < -0.4 is 11.2 Å². The van der Waals surface area contributed by atoms with Crippen molar-refractivity contribution in [3.05, 3.63) is 26.7 Å². The highest BCUT2D eigenvalue weighted by Gasteiger charge is 2.22. The second-order valence-electron chi connectivity index (χ2n) is 6.52. The Balaban J connectivity index is 1.98. The van der Waals surface area contributed by atoms with Crippen LogP contribution in [0.5, 0.6) is 0 Å². The number of aliphatic hydroxyl groups excluding tert-OH is 1. The molecule has 0 unspecified atom stereocenters. The molecule has 1 fully saturated rings. The Hall–Kier alpha value is -2.01. The lowest BCUT2D eigenvalue weighted by atomic mass is 10.3. The van der Waals surface area contributed by atoms with Gasteiger partial charge in [0.1, 0.15) is 12.4 Å². The molecule has 1 aliphatic rings. The molecule has 10 heteroatoms. The number of hydrogen-bond donors (Lipinski definition) is 1. The van der Waals surface area contributed by atoms with Crippen LogP contribution >= 0.6 is 0 Å². The largest absolute Gasteiger partial charge is 0.390 e. The van der Waals surface area contributed by atoms with Gasteiger partial charge in [0.2, 0.25) is 0 Å². The molecule has 2 aromatic rings. The Morgan fingerprint density at radius 1 is 1.19 bits per heavy atom. The molecule has 26 heavy (non-hydrogen) atoms. The molecule has 0 amide bonds. The molecule has 0 bridgehead atoms. The van der Waals surface area contributed by atoms with Gasteiger partial charge in [-0.05, 0) is 0 Å². The third kappa shape index (κ3) is 3.45. The minimum absolute atomic E-state index is 0.177. The first-order chi connectivity index (χ1) is 12.4. The number of methoxy groups -OCH3 is 1. The molecule has 10 nitrogen and oxygen atoms in total. The number of rotatable bonds is 6. The summed E-state index contributed by atoms with van der Waals surface area (Å²) < 4.78 is 14.5. The number of fused-ring (bicyclic) bond motifs is 1. The summed E-state index contributed by atoms with van der Waals surface area (Å²) in [7, 11) is 4.54. The molecule has 3 heterocycles. The Bertz CT molecular complexity index is 893. The molecule has 2 aromatic heterocycles. The monoisotopic (exact) mass is 367 g/mol. The van der Waals surface area contributed by atoms with E-state index in [2.05, 4.69) is 9.88 Å². The van der Waals surface area contributed by atoms with E-state index in [1.54, 1.807) is 11.6 Å². The van der Waals surface area contributed by atoms with Gasteiger partial charge in [0, 0.05) is 40.8 Å². The predicted molar refractivity (Wildman–Crippen MR) is 94.2 cm³/mol. The lowest BCUT2D eigenvalue weighted by molar-refractivity contribution is 0.0113. The number of aliphatic hydroxyl groups is 1. The van der Waals surface area contributed by atoms with Crippen molar-refractivity contribution in [2.75, 3.05) is 40.0 Å². The summed E-state index contributed by atoms with van der Waals surface area (Å²) in [6.07, 6.45) is -0.692. The number of imidazole rings is 1. The van der Waals surface area contributed by atoms with E-state index < -0.39 is 17.4 Å². The summed E-state index contributed by atoms with van der Waals surface area (Å²) in [6.45, 7) is 3.68. The van der Waals surface area contributed by atoms with Gasteiger partial charge < -0.3 is 19.1 Å². The average molecular weight is 367 g/mol.